The van der Waals surface area contributed by atoms with Gasteiger partial charge in [0.05, 0.1) is 17.4 Å². The Labute approximate surface area is 143 Å². The van der Waals surface area contributed by atoms with Crippen LogP contribution in [0, 0.1) is 0 Å². The van der Waals surface area contributed by atoms with Crippen molar-refractivity contribution in [1.82, 2.24) is 4.98 Å². The average Bonchev–Trinajstić information content (AvgIpc) is 2.54. The molecule has 0 saturated carbocycles. The minimum atomic E-state index is -4.44. The molecular formula is C18H18F3N3O. The summed E-state index contributed by atoms with van der Waals surface area (Å²) in [5.74, 6) is -0.0317. The zero-order valence-electron chi connectivity index (χ0n) is 13.9. The maximum atomic E-state index is 12.6. The topological polar surface area (TPSA) is 36.4 Å². The fraction of sp³-hybridized carbons (Fsp3) is 0.333. The smallest absolute Gasteiger partial charge is 0.363 e. The number of halogens is 3. The highest BCUT2D eigenvalue weighted by Gasteiger charge is 2.33. The van der Waals surface area contributed by atoms with E-state index < -0.39 is 11.9 Å². The number of nitrogens with zero attached hydrogens (tertiary/aromatic N) is 3. The highest BCUT2D eigenvalue weighted by molar-refractivity contribution is 5.97. The number of hydrogen-bond acceptors (Lipinski definition) is 3. The maximum Gasteiger partial charge on any atom is 0.433 e. The Kier molecular flexibility index (Phi) is 4.41. The van der Waals surface area contributed by atoms with Crippen molar-refractivity contribution in [2.45, 2.75) is 32.6 Å². The summed E-state index contributed by atoms with van der Waals surface area (Å²) in [5.41, 5.74) is 1.49. The predicted octanol–water partition coefficient (Wildman–Crippen LogP) is 3.86. The number of benzene rings is 1. The van der Waals surface area contributed by atoms with E-state index in [-0.39, 0.29) is 11.9 Å². The summed E-state index contributed by atoms with van der Waals surface area (Å²) < 4.78 is 37.9. The number of para-hydroxylation sites is 2. The van der Waals surface area contributed by atoms with Gasteiger partial charge < -0.3 is 9.80 Å². The van der Waals surface area contributed by atoms with Crippen LogP contribution in [0.15, 0.2) is 42.6 Å². The van der Waals surface area contributed by atoms with E-state index in [1.165, 1.54) is 19.2 Å². The van der Waals surface area contributed by atoms with E-state index >= 15 is 0 Å². The van der Waals surface area contributed by atoms with Crippen molar-refractivity contribution in [2.75, 3.05) is 16.3 Å². The first kappa shape index (κ1) is 17.3. The Balaban J connectivity index is 1.88. The van der Waals surface area contributed by atoms with Crippen molar-refractivity contribution in [2.24, 2.45) is 0 Å². The molecule has 2 heterocycles. The van der Waals surface area contributed by atoms with Gasteiger partial charge in [0.15, 0.2) is 0 Å². The lowest BCUT2D eigenvalue weighted by molar-refractivity contribution is -0.141. The number of anilines is 2. The second-order valence-corrected chi connectivity index (χ2v) is 6.16. The van der Waals surface area contributed by atoms with Gasteiger partial charge in [0, 0.05) is 26.2 Å². The van der Waals surface area contributed by atoms with E-state index in [0.29, 0.717) is 18.7 Å². The molecule has 25 heavy (non-hydrogen) atoms. The molecule has 3 rings (SSSR count). The van der Waals surface area contributed by atoms with E-state index in [9.17, 15) is 18.0 Å². The Hall–Kier alpha value is -2.57. The van der Waals surface area contributed by atoms with Crippen LogP contribution in [0.1, 0.15) is 25.1 Å². The summed E-state index contributed by atoms with van der Waals surface area (Å²) in [4.78, 5) is 19.3. The number of fused-ring (bicyclic) bond motifs is 1. The molecule has 0 saturated heterocycles. The SMILES string of the molecule is CC(=O)N1c2ccccc2N(Cc2ccc(C(F)(F)F)nc2)CC1C. The third-order valence-corrected chi connectivity index (χ3v) is 4.24. The van der Waals surface area contributed by atoms with Crippen LogP contribution in [0.4, 0.5) is 24.5 Å². The molecule has 0 bridgehead atoms. The molecule has 0 N–H and O–H groups in total. The summed E-state index contributed by atoms with van der Waals surface area (Å²) in [6.45, 7) is 4.51. The van der Waals surface area contributed by atoms with Crippen LogP contribution in [-0.4, -0.2) is 23.5 Å². The number of carbonyl (C=O) groups excluding carboxylic acids is 1. The predicted molar refractivity (Wildman–Crippen MR) is 89.4 cm³/mol. The summed E-state index contributed by atoms with van der Waals surface area (Å²) in [6.07, 6.45) is -3.18. The van der Waals surface area contributed by atoms with E-state index in [0.717, 1.165) is 17.4 Å². The second kappa shape index (κ2) is 6.38. The standard InChI is InChI=1S/C18H18F3N3O/c1-12-10-23(11-14-7-8-17(22-9-14)18(19,20)21)15-5-3-4-6-16(15)24(12)13(2)25/h3-9,12H,10-11H2,1-2H3. The van der Waals surface area contributed by atoms with Gasteiger partial charge in [-0.1, -0.05) is 18.2 Å². The average molecular weight is 349 g/mol. The van der Waals surface area contributed by atoms with Gasteiger partial charge in [-0.05, 0) is 30.7 Å². The van der Waals surface area contributed by atoms with Gasteiger partial charge in [0.2, 0.25) is 5.91 Å². The number of amides is 1. The second-order valence-electron chi connectivity index (χ2n) is 6.16. The third-order valence-electron chi connectivity index (χ3n) is 4.24. The van der Waals surface area contributed by atoms with Crippen molar-refractivity contribution in [3.05, 3.63) is 53.9 Å². The Morgan fingerprint density at radius 3 is 2.44 bits per heavy atom. The molecule has 1 aromatic heterocycles. The Bertz CT molecular complexity index is 774. The molecule has 0 aliphatic carbocycles. The minimum Gasteiger partial charge on any atom is -0.363 e. The molecule has 1 aliphatic heterocycles. The van der Waals surface area contributed by atoms with Crippen molar-refractivity contribution < 1.29 is 18.0 Å². The summed E-state index contributed by atoms with van der Waals surface area (Å²) in [5, 5.41) is 0. The summed E-state index contributed by atoms with van der Waals surface area (Å²) >= 11 is 0. The fourth-order valence-corrected chi connectivity index (χ4v) is 3.21. The molecule has 0 spiro atoms. The number of aromatic nitrogens is 1. The van der Waals surface area contributed by atoms with Crippen molar-refractivity contribution in [3.8, 4) is 0 Å². The van der Waals surface area contributed by atoms with Crippen molar-refractivity contribution in [3.63, 3.8) is 0 Å². The van der Waals surface area contributed by atoms with E-state index in [1.54, 1.807) is 4.90 Å². The molecule has 1 atom stereocenters. The molecule has 132 valence electrons. The lowest BCUT2D eigenvalue weighted by atomic mass is 10.1. The van der Waals surface area contributed by atoms with Crippen LogP contribution < -0.4 is 9.80 Å². The number of hydrogen-bond donors (Lipinski definition) is 0. The van der Waals surface area contributed by atoms with Gasteiger partial charge in [0.25, 0.3) is 0 Å². The van der Waals surface area contributed by atoms with Gasteiger partial charge in [0.1, 0.15) is 5.69 Å². The fourth-order valence-electron chi connectivity index (χ4n) is 3.21. The molecule has 7 heteroatoms. The van der Waals surface area contributed by atoms with Crippen LogP contribution in [0.25, 0.3) is 0 Å². The van der Waals surface area contributed by atoms with Gasteiger partial charge in [-0.15, -0.1) is 0 Å². The number of rotatable bonds is 2. The molecule has 0 radical (unpaired) electrons. The van der Waals surface area contributed by atoms with E-state index in [2.05, 4.69) is 9.88 Å². The summed E-state index contributed by atoms with van der Waals surface area (Å²) in [6, 6.07) is 9.95. The first-order valence-corrected chi connectivity index (χ1v) is 7.93. The molecule has 0 fully saturated rings. The third kappa shape index (κ3) is 3.45. The number of alkyl halides is 3. The first-order valence-electron chi connectivity index (χ1n) is 7.93. The Morgan fingerprint density at radius 2 is 1.88 bits per heavy atom. The minimum absolute atomic E-state index is 0.0317. The van der Waals surface area contributed by atoms with Crippen LogP contribution in [-0.2, 0) is 17.5 Å². The van der Waals surface area contributed by atoms with Gasteiger partial charge in [-0.2, -0.15) is 13.2 Å². The molecule has 1 aromatic carbocycles. The quantitative estimate of drug-likeness (QED) is 0.826. The number of pyridine rings is 1. The van der Waals surface area contributed by atoms with Crippen LogP contribution in [0.2, 0.25) is 0 Å². The normalized spacial score (nSPS) is 17.4. The van der Waals surface area contributed by atoms with Crippen molar-refractivity contribution >= 4 is 17.3 Å². The van der Waals surface area contributed by atoms with Gasteiger partial charge >= 0.3 is 6.18 Å². The zero-order valence-corrected chi connectivity index (χ0v) is 13.9. The van der Waals surface area contributed by atoms with Gasteiger partial charge in [-0.3, -0.25) is 9.78 Å². The first-order chi connectivity index (χ1) is 11.8. The van der Waals surface area contributed by atoms with Crippen LogP contribution in [0.5, 0.6) is 0 Å². The Morgan fingerprint density at radius 1 is 1.20 bits per heavy atom. The highest BCUT2D eigenvalue weighted by atomic mass is 19.4. The molecular weight excluding hydrogens is 331 g/mol. The highest BCUT2D eigenvalue weighted by Crippen LogP contribution is 2.36. The lowest BCUT2D eigenvalue weighted by Crippen LogP contribution is -2.49. The zero-order chi connectivity index (χ0) is 18.2. The molecule has 4 nitrogen and oxygen atoms in total. The monoisotopic (exact) mass is 349 g/mol. The molecule has 1 amide bonds. The van der Waals surface area contributed by atoms with Gasteiger partial charge in [-0.25, -0.2) is 0 Å². The van der Waals surface area contributed by atoms with Crippen LogP contribution >= 0.6 is 0 Å². The maximum absolute atomic E-state index is 12.6. The van der Waals surface area contributed by atoms with Crippen LogP contribution in [0.3, 0.4) is 0 Å². The lowest BCUT2D eigenvalue weighted by Gasteiger charge is -2.41. The molecule has 2 aromatic rings. The van der Waals surface area contributed by atoms with E-state index in [1.807, 2.05) is 31.2 Å². The molecule has 1 aliphatic rings. The number of carbonyl (C=O) groups is 1. The largest absolute Gasteiger partial charge is 0.433 e. The van der Waals surface area contributed by atoms with E-state index in [4.69, 9.17) is 0 Å². The molecule has 1 unspecified atom stereocenters. The summed E-state index contributed by atoms with van der Waals surface area (Å²) in [7, 11) is 0. The van der Waals surface area contributed by atoms with Crippen molar-refractivity contribution in [1.29, 1.82) is 0 Å².